The van der Waals surface area contributed by atoms with Crippen molar-refractivity contribution in [3.8, 4) is 39.1 Å². The van der Waals surface area contributed by atoms with Crippen LogP contribution in [0.4, 0.5) is 17.1 Å². The molecule has 0 saturated carbocycles. The fraction of sp³-hybridized carbons (Fsp3) is 0. The van der Waals surface area contributed by atoms with Crippen molar-refractivity contribution in [2.45, 2.75) is 0 Å². The third-order valence-corrected chi connectivity index (χ3v) is 12.5. The smallest absolute Gasteiger partial charge is 0.136 e. The first-order valence-corrected chi connectivity index (χ1v) is 20.3. The normalized spacial score (nSPS) is 12.1. The van der Waals surface area contributed by atoms with E-state index in [1.165, 1.54) is 76.7 Å². The molecule has 0 unspecified atom stereocenters. The van der Waals surface area contributed by atoms with E-state index in [1.54, 1.807) is 0 Å². The molecule has 0 fully saturated rings. The Morgan fingerprint density at radius 2 is 0.966 bits per heavy atom. The highest BCUT2D eigenvalue weighted by atomic mass is 16.3. The van der Waals surface area contributed by atoms with E-state index in [0.29, 0.717) is 0 Å². The lowest BCUT2D eigenvalue weighted by Gasteiger charge is -2.25. The molecule has 0 atom stereocenters. The van der Waals surface area contributed by atoms with Gasteiger partial charge >= 0.3 is 0 Å². The maximum absolute atomic E-state index is 6.52. The largest absolute Gasteiger partial charge is 0.456 e. The van der Waals surface area contributed by atoms with Crippen LogP contribution in [-0.2, 0) is 0 Å². The summed E-state index contributed by atoms with van der Waals surface area (Å²) in [7, 11) is 0. The first-order chi connectivity index (χ1) is 29.3. The zero-order chi connectivity index (χ0) is 38.6. The maximum Gasteiger partial charge on any atom is 0.136 e. The minimum Gasteiger partial charge on any atom is -0.456 e. The van der Waals surface area contributed by atoms with Crippen LogP contribution in [0.1, 0.15) is 0 Å². The third-order valence-electron chi connectivity index (χ3n) is 12.5. The topological polar surface area (TPSA) is 21.3 Å². The van der Waals surface area contributed by atoms with Gasteiger partial charge in [0.15, 0.2) is 0 Å². The van der Waals surface area contributed by atoms with Crippen molar-refractivity contribution < 1.29 is 4.42 Å². The monoisotopic (exact) mass is 750 g/mol. The van der Waals surface area contributed by atoms with E-state index >= 15 is 0 Å². The second-order valence-corrected chi connectivity index (χ2v) is 15.7. The number of benzene rings is 10. The quantitative estimate of drug-likeness (QED) is 0.163. The van der Waals surface area contributed by atoms with E-state index in [9.17, 15) is 0 Å². The van der Waals surface area contributed by atoms with Crippen molar-refractivity contribution >= 4 is 82.4 Å². The van der Waals surface area contributed by atoms with Crippen molar-refractivity contribution in [3.63, 3.8) is 0 Å². The van der Waals surface area contributed by atoms with Gasteiger partial charge in [0.1, 0.15) is 11.2 Å². The summed E-state index contributed by atoms with van der Waals surface area (Å²) in [5.74, 6) is 0. The molecule has 13 rings (SSSR count). The fourth-order valence-electron chi connectivity index (χ4n) is 9.89. The maximum atomic E-state index is 6.52. The van der Waals surface area contributed by atoms with Gasteiger partial charge in [-0.1, -0.05) is 121 Å². The number of furan rings is 1. The zero-order valence-corrected chi connectivity index (χ0v) is 31.9. The highest BCUT2D eigenvalue weighted by Crippen LogP contribution is 2.52. The van der Waals surface area contributed by atoms with Gasteiger partial charge in [-0.15, -0.1) is 0 Å². The molecule has 0 amide bonds. The van der Waals surface area contributed by atoms with Crippen LogP contribution >= 0.6 is 0 Å². The molecule has 10 aromatic carbocycles. The molecule has 0 spiro atoms. The van der Waals surface area contributed by atoms with Crippen LogP contribution < -0.4 is 4.90 Å². The average Bonchev–Trinajstić information content (AvgIpc) is 3.81. The van der Waals surface area contributed by atoms with E-state index < -0.39 is 0 Å². The molecule has 1 aliphatic carbocycles. The number of rotatable bonds is 5. The number of para-hydroxylation sites is 3. The number of fused-ring (bicyclic) bond motifs is 8. The number of aromatic nitrogens is 1. The van der Waals surface area contributed by atoms with Crippen LogP contribution in [0.15, 0.2) is 211 Å². The Balaban J connectivity index is 0.988. The summed E-state index contributed by atoms with van der Waals surface area (Å²) in [6.07, 6.45) is 0. The minimum absolute atomic E-state index is 0.914. The van der Waals surface area contributed by atoms with Gasteiger partial charge in [0.25, 0.3) is 0 Å². The first kappa shape index (κ1) is 32.2. The van der Waals surface area contributed by atoms with E-state index in [4.69, 9.17) is 4.42 Å². The standard InChI is InChI=1S/C56H34N2O/c1-3-13-38(14-4-1)57(39-15-5-2-6-16-39)40-26-22-35(23-27-40)36-24-28-41(29-25-36)58-50-20-11-19-44-47-34-53-48(43-18-9-10-21-52(43)59-53)33-46(47)49-32-37-12-7-8-17-42(37)45-30-31-51(58)56(54(45)49)55(44)50/h1-34H. The van der Waals surface area contributed by atoms with E-state index in [1.807, 2.05) is 6.07 Å². The van der Waals surface area contributed by atoms with Gasteiger partial charge in [0, 0.05) is 49.7 Å². The van der Waals surface area contributed by atoms with Gasteiger partial charge in [-0.05, 0) is 134 Å². The van der Waals surface area contributed by atoms with E-state index in [2.05, 4.69) is 210 Å². The molecule has 1 aliphatic rings. The number of hydrogen-bond acceptors (Lipinski definition) is 2. The van der Waals surface area contributed by atoms with Crippen LogP contribution in [0.3, 0.4) is 0 Å². The molecule has 0 aliphatic heterocycles. The predicted molar refractivity (Wildman–Crippen MR) is 248 cm³/mol. The molecule has 2 aromatic heterocycles. The minimum atomic E-state index is 0.914. The number of anilines is 3. The summed E-state index contributed by atoms with van der Waals surface area (Å²) in [6.45, 7) is 0. The molecular formula is C56H34N2O. The van der Waals surface area contributed by atoms with Crippen molar-refractivity contribution in [1.29, 1.82) is 0 Å². The number of nitrogens with zero attached hydrogens (tertiary/aromatic N) is 2. The predicted octanol–water partition coefficient (Wildman–Crippen LogP) is 15.8. The molecule has 3 heteroatoms. The molecule has 0 bridgehead atoms. The lowest BCUT2D eigenvalue weighted by molar-refractivity contribution is 0.669. The second kappa shape index (κ2) is 12.3. The Morgan fingerprint density at radius 1 is 0.339 bits per heavy atom. The lowest BCUT2D eigenvalue weighted by atomic mass is 9.89. The van der Waals surface area contributed by atoms with Gasteiger partial charge in [0.05, 0.1) is 11.0 Å². The summed E-state index contributed by atoms with van der Waals surface area (Å²) >= 11 is 0. The summed E-state index contributed by atoms with van der Waals surface area (Å²) in [5, 5.41) is 9.98. The van der Waals surface area contributed by atoms with Gasteiger partial charge in [-0.3, -0.25) is 0 Å². The van der Waals surface area contributed by atoms with E-state index in [0.717, 1.165) is 44.7 Å². The van der Waals surface area contributed by atoms with Gasteiger partial charge < -0.3 is 13.9 Å². The lowest BCUT2D eigenvalue weighted by Crippen LogP contribution is -2.09. The molecule has 0 saturated heterocycles. The number of hydrogen-bond donors (Lipinski definition) is 0. The highest BCUT2D eigenvalue weighted by molar-refractivity contribution is 6.34. The van der Waals surface area contributed by atoms with Gasteiger partial charge in [0.2, 0.25) is 0 Å². The fourth-order valence-corrected chi connectivity index (χ4v) is 9.89. The summed E-state index contributed by atoms with van der Waals surface area (Å²) in [6, 6.07) is 74.9. The van der Waals surface area contributed by atoms with E-state index in [-0.39, 0.29) is 0 Å². The van der Waals surface area contributed by atoms with Crippen molar-refractivity contribution in [1.82, 2.24) is 4.57 Å². The molecule has 12 aromatic rings. The molecule has 274 valence electrons. The Bertz CT molecular complexity index is 3600. The molecule has 59 heavy (non-hydrogen) atoms. The van der Waals surface area contributed by atoms with Crippen LogP contribution in [0, 0.1) is 0 Å². The zero-order valence-electron chi connectivity index (χ0n) is 31.9. The van der Waals surface area contributed by atoms with Gasteiger partial charge in [-0.2, -0.15) is 0 Å². The summed E-state index contributed by atoms with van der Waals surface area (Å²) in [4.78, 5) is 2.30. The summed E-state index contributed by atoms with van der Waals surface area (Å²) < 4.78 is 8.98. The Labute approximate surface area is 340 Å². The summed E-state index contributed by atoms with van der Waals surface area (Å²) in [5.41, 5.74) is 16.0. The molecule has 0 radical (unpaired) electrons. The van der Waals surface area contributed by atoms with Crippen LogP contribution in [0.2, 0.25) is 0 Å². The Morgan fingerprint density at radius 3 is 1.73 bits per heavy atom. The van der Waals surface area contributed by atoms with Crippen LogP contribution in [-0.4, -0.2) is 4.57 Å². The van der Waals surface area contributed by atoms with Crippen molar-refractivity contribution in [3.05, 3.63) is 206 Å². The first-order valence-electron chi connectivity index (χ1n) is 20.3. The molecule has 0 N–H and O–H groups in total. The second-order valence-electron chi connectivity index (χ2n) is 15.7. The van der Waals surface area contributed by atoms with Crippen LogP contribution in [0.25, 0.3) is 104 Å². The van der Waals surface area contributed by atoms with Crippen molar-refractivity contribution in [2.24, 2.45) is 0 Å². The van der Waals surface area contributed by atoms with Crippen molar-refractivity contribution in [2.75, 3.05) is 4.90 Å². The highest BCUT2D eigenvalue weighted by Gasteiger charge is 2.27. The third kappa shape index (κ3) is 4.70. The molecular weight excluding hydrogens is 717 g/mol. The van der Waals surface area contributed by atoms with Gasteiger partial charge in [-0.25, -0.2) is 0 Å². The Hall–Kier alpha value is -7.88. The molecule has 2 heterocycles. The average molecular weight is 751 g/mol. The Kier molecular flexibility index (Phi) is 6.72. The SMILES string of the molecule is c1ccc(N(c2ccccc2)c2ccc(-c3ccc(-n4c5cccc6c5c5c7c(cc8ccccc8c7ccc54)-c4cc5c(cc4-6)oc4ccccc45)cc3)cc2)cc1. The molecule has 3 nitrogen and oxygen atoms in total. The van der Waals surface area contributed by atoms with Crippen LogP contribution in [0.5, 0.6) is 0 Å².